The first-order valence-corrected chi connectivity index (χ1v) is 11.5. The molecule has 12 heteroatoms. The molecule has 38 heavy (non-hydrogen) atoms. The molecule has 0 aliphatic carbocycles. The lowest BCUT2D eigenvalue weighted by Crippen LogP contribution is -2.54. The van der Waals surface area contributed by atoms with Crippen molar-refractivity contribution in [1.82, 2.24) is 30.5 Å². The molecule has 1 fully saturated rings. The van der Waals surface area contributed by atoms with Crippen LogP contribution in [0.3, 0.4) is 0 Å². The molecule has 192 valence electrons. The van der Waals surface area contributed by atoms with Crippen LogP contribution in [-0.2, 0) is 17.8 Å². The number of nitrogens with one attached hydrogen (secondary N) is 3. The van der Waals surface area contributed by atoms with Gasteiger partial charge >= 0.3 is 6.03 Å². The van der Waals surface area contributed by atoms with Gasteiger partial charge in [0.15, 0.2) is 11.4 Å². The fourth-order valence-corrected chi connectivity index (χ4v) is 4.29. The molecule has 4 heterocycles. The summed E-state index contributed by atoms with van der Waals surface area (Å²) in [6.45, 7) is 0.0503. The first-order valence-electron chi connectivity index (χ1n) is 11.5. The van der Waals surface area contributed by atoms with Crippen molar-refractivity contribution in [1.29, 1.82) is 0 Å². The van der Waals surface area contributed by atoms with E-state index in [1.807, 2.05) is 0 Å². The van der Waals surface area contributed by atoms with Gasteiger partial charge in [-0.2, -0.15) is 0 Å². The Morgan fingerprint density at radius 1 is 1.08 bits per heavy atom. The van der Waals surface area contributed by atoms with Gasteiger partial charge in [-0.3, -0.25) is 19.7 Å². The Balaban J connectivity index is 1.46. The van der Waals surface area contributed by atoms with E-state index in [4.69, 9.17) is 9.47 Å². The zero-order chi connectivity index (χ0) is 26.9. The van der Waals surface area contributed by atoms with Crippen LogP contribution in [0.25, 0.3) is 0 Å². The molecule has 1 aromatic carbocycles. The van der Waals surface area contributed by atoms with Gasteiger partial charge in [0, 0.05) is 36.5 Å². The van der Waals surface area contributed by atoms with Crippen LogP contribution >= 0.6 is 0 Å². The number of urea groups is 1. The number of imide groups is 1. The smallest absolute Gasteiger partial charge is 0.323 e. The summed E-state index contributed by atoms with van der Waals surface area (Å²) in [5.74, 6) is 5.98. The van der Waals surface area contributed by atoms with Crippen LogP contribution in [0.4, 0.5) is 4.79 Å². The molecule has 0 radical (unpaired) electrons. The fourth-order valence-electron chi connectivity index (χ4n) is 4.29. The topological polar surface area (TPSA) is 156 Å². The summed E-state index contributed by atoms with van der Waals surface area (Å²) >= 11 is 0. The number of methoxy groups -OCH3 is 2. The number of rotatable bonds is 6. The molecule has 3 N–H and O–H groups in total. The highest BCUT2D eigenvalue weighted by Gasteiger charge is 2.48. The third-order valence-corrected chi connectivity index (χ3v) is 6.17. The van der Waals surface area contributed by atoms with E-state index in [2.05, 4.69) is 37.4 Å². The second kappa shape index (κ2) is 9.70. The number of ether oxygens (including phenoxy) is 2. The lowest BCUT2D eigenvalue weighted by Gasteiger charge is -2.26. The summed E-state index contributed by atoms with van der Waals surface area (Å²) in [4.78, 5) is 62.5. The zero-order valence-electron chi connectivity index (χ0n) is 20.5. The number of hydrogen-bond acceptors (Lipinski definition) is 8. The Labute approximate surface area is 216 Å². The number of benzene rings is 1. The molecule has 0 saturated carbocycles. The summed E-state index contributed by atoms with van der Waals surface area (Å²) in [5.41, 5.74) is -0.0261. The highest BCUT2D eigenvalue weighted by Crippen LogP contribution is 2.28. The first-order chi connectivity index (χ1) is 18.3. The maximum absolute atomic E-state index is 13.1. The number of amides is 4. The van der Waals surface area contributed by atoms with Crippen molar-refractivity contribution in [2.45, 2.75) is 18.5 Å². The number of nitrogens with zero attached hydrogens (tertiary/aromatic N) is 3. The summed E-state index contributed by atoms with van der Waals surface area (Å²) in [7, 11) is 2.96. The predicted molar refractivity (Wildman–Crippen MR) is 132 cm³/mol. The monoisotopic (exact) mass is 514 g/mol. The Morgan fingerprint density at radius 2 is 1.92 bits per heavy atom. The molecular formula is C26H22N6O6. The molecule has 1 atom stereocenters. The Hall–Kier alpha value is -5.18. The van der Waals surface area contributed by atoms with Crippen molar-refractivity contribution in [3.8, 4) is 23.3 Å². The quantitative estimate of drug-likeness (QED) is 0.315. The van der Waals surface area contributed by atoms with Gasteiger partial charge in [-0.15, -0.1) is 0 Å². The molecule has 0 bridgehead atoms. The van der Waals surface area contributed by atoms with E-state index in [0.717, 1.165) is 5.56 Å². The number of pyridine rings is 1. The van der Waals surface area contributed by atoms with Crippen molar-refractivity contribution in [2.75, 3.05) is 20.8 Å². The molecule has 1 saturated heterocycles. The minimum Gasteiger partial charge on any atom is -0.497 e. The molecule has 2 aromatic heterocycles. The van der Waals surface area contributed by atoms with Gasteiger partial charge in [0.05, 0.1) is 20.8 Å². The van der Waals surface area contributed by atoms with Gasteiger partial charge < -0.3 is 24.7 Å². The first kappa shape index (κ1) is 24.5. The number of fused-ring (bicyclic) bond motifs is 1. The summed E-state index contributed by atoms with van der Waals surface area (Å²) in [6.07, 6.45) is 1.62. The second-order valence-electron chi connectivity index (χ2n) is 8.66. The zero-order valence-corrected chi connectivity index (χ0v) is 20.5. The van der Waals surface area contributed by atoms with Crippen molar-refractivity contribution >= 4 is 17.8 Å². The largest absolute Gasteiger partial charge is 0.497 e. The summed E-state index contributed by atoms with van der Waals surface area (Å²) in [6, 6.07) is 9.11. The van der Waals surface area contributed by atoms with Gasteiger partial charge in [0.25, 0.3) is 17.4 Å². The fraction of sp³-hybridized carbons (Fsp3) is 0.231. The van der Waals surface area contributed by atoms with Crippen molar-refractivity contribution in [3.05, 3.63) is 81.3 Å². The van der Waals surface area contributed by atoms with E-state index in [9.17, 15) is 19.2 Å². The Bertz CT molecular complexity index is 1590. The van der Waals surface area contributed by atoms with Crippen LogP contribution in [0, 0.1) is 11.8 Å². The third kappa shape index (κ3) is 4.64. The molecule has 2 aliphatic heterocycles. The molecule has 3 aromatic rings. The number of hydrogen-bond donors (Lipinski definition) is 3. The van der Waals surface area contributed by atoms with Crippen LogP contribution < -0.4 is 25.7 Å². The van der Waals surface area contributed by atoms with Crippen LogP contribution in [0.1, 0.15) is 33.1 Å². The summed E-state index contributed by atoms with van der Waals surface area (Å²) in [5, 5.41) is 4.78. The van der Waals surface area contributed by atoms with Gasteiger partial charge in [0.1, 0.15) is 11.6 Å². The van der Waals surface area contributed by atoms with E-state index >= 15 is 0 Å². The molecular weight excluding hydrogens is 492 g/mol. The van der Waals surface area contributed by atoms with E-state index in [0.29, 0.717) is 28.6 Å². The molecule has 4 amide bonds. The number of aromatic nitrogens is 3. The van der Waals surface area contributed by atoms with Crippen molar-refractivity contribution < 1.29 is 23.9 Å². The van der Waals surface area contributed by atoms with E-state index < -0.39 is 17.5 Å². The lowest BCUT2D eigenvalue weighted by atomic mass is 9.99. The predicted octanol–water partition coefficient (Wildman–Crippen LogP) is 0.359. The van der Waals surface area contributed by atoms with Crippen molar-refractivity contribution in [3.63, 3.8) is 0 Å². The van der Waals surface area contributed by atoms with E-state index in [-0.39, 0.29) is 36.7 Å². The average Bonchev–Trinajstić information content (AvgIpc) is 3.36. The second-order valence-corrected chi connectivity index (χ2v) is 8.66. The SMILES string of the molecule is COc1ccc2c(c1)C(=O)N(C[C@@]1(C#Cc3nc(Cc4nccc(=O)[nH]4)ccc3OC)NC(=O)NC1=O)C2. The molecule has 2 aliphatic rings. The average molecular weight is 514 g/mol. The number of aromatic amines is 1. The Kier molecular flexibility index (Phi) is 6.26. The number of H-pyrrole nitrogens is 1. The van der Waals surface area contributed by atoms with E-state index in [1.54, 1.807) is 30.3 Å². The van der Waals surface area contributed by atoms with Crippen LogP contribution in [0.15, 0.2) is 47.4 Å². The number of carbonyl (C=O) groups is 3. The summed E-state index contributed by atoms with van der Waals surface area (Å²) < 4.78 is 10.6. The maximum Gasteiger partial charge on any atom is 0.323 e. The van der Waals surface area contributed by atoms with Gasteiger partial charge in [-0.25, -0.2) is 14.8 Å². The minimum atomic E-state index is -1.71. The van der Waals surface area contributed by atoms with Crippen LogP contribution in [0.2, 0.25) is 0 Å². The van der Waals surface area contributed by atoms with Gasteiger partial charge in [-0.05, 0) is 35.7 Å². The van der Waals surface area contributed by atoms with Gasteiger partial charge in [-0.1, -0.05) is 12.0 Å². The maximum atomic E-state index is 13.1. The normalized spacial score (nSPS) is 17.8. The number of carbonyl (C=O) groups excluding carboxylic acids is 3. The molecule has 5 rings (SSSR count). The molecule has 12 nitrogen and oxygen atoms in total. The standard InChI is InChI=1S/C26H22N6O6/c1-37-17-5-3-15-13-32(23(34)18(15)12-17)14-26(24(35)30-25(36)31-26)9-7-19-20(38-2)6-4-16(28-19)11-21-27-10-8-22(33)29-21/h3-6,8,10,12H,11,13-14H2,1-2H3,(H,27,29,33)(H2,30,31,35,36)/t26-/m1/s1. The third-order valence-electron chi connectivity index (χ3n) is 6.17. The highest BCUT2D eigenvalue weighted by atomic mass is 16.5. The lowest BCUT2D eigenvalue weighted by molar-refractivity contribution is -0.122. The van der Waals surface area contributed by atoms with Gasteiger partial charge in [0.2, 0.25) is 5.54 Å². The highest BCUT2D eigenvalue weighted by molar-refractivity contribution is 6.10. The van der Waals surface area contributed by atoms with Crippen LogP contribution in [0.5, 0.6) is 11.5 Å². The Morgan fingerprint density at radius 3 is 2.63 bits per heavy atom. The van der Waals surface area contributed by atoms with E-state index in [1.165, 1.54) is 31.4 Å². The molecule has 0 unspecified atom stereocenters. The molecule has 0 spiro atoms. The van der Waals surface area contributed by atoms with Crippen molar-refractivity contribution in [2.24, 2.45) is 0 Å². The van der Waals surface area contributed by atoms with Crippen LogP contribution in [-0.4, -0.2) is 64.0 Å². The minimum absolute atomic E-state index is 0.190.